The summed E-state index contributed by atoms with van der Waals surface area (Å²) >= 11 is 1.82. The molecular weight excluding hydrogens is 270 g/mol. The van der Waals surface area contributed by atoms with Crippen molar-refractivity contribution in [3.05, 3.63) is 46.2 Å². The highest BCUT2D eigenvalue weighted by atomic mass is 32.1. The van der Waals surface area contributed by atoms with Gasteiger partial charge in [0.25, 0.3) is 0 Å². The number of hydrogen-bond acceptors (Lipinski definition) is 4. The summed E-state index contributed by atoms with van der Waals surface area (Å²) in [5.41, 5.74) is 1.37. The van der Waals surface area contributed by atoms with Gasteiger partial charge in [0.15, 0.2) is 0 Å². The van der Waals surface area contributed by atoms with E-state index in [0.717, 1.165) is 24.6 Å². The summed E-state index contributed by atoms with van der Waals surface area (Å²) < 4.78 is 10.9. The lowest BCUT2D eigenvalue weighted by Crippen LogP contribution is -2.23. The normalized spacial score (nSPS) is 10.8. The molecule has 1 aromatic heterocycles. The molecule has 0 unspecified atom stereocenters. The van der Waals surface area contributed by atoms with Crippen molar-refractivity contribution in [2.24, 2.45) is 0 Å². The average molecular weight is 291 g/mol. The third-order valence-electron chi connectivity index (χ3n) is 3.18. The minimum atomic E-state index is 0.688. The van der Waals surface area contributed by atoms with E-state index in [9.17, 15) is 0 Å². The van der Waals surface area contributed by atoms with Crippen molar-refractivity contribution >= 4 is 11.3 Å². The van der Waals surface area contributed by atoms with Crippen LogP contribution in [0.3, 0.4) is 0 Å². The van der Waals surface area contributed by atoms with Crippen molar-refractivity contribution in [2.75, 3.05) is 27.3 Å². The lowest BCUT2D eigenvalue weighted by molar-refractivity contribution is 0.233. The van der Waals surface area contributed by atoms with Crippen LogP contribution in [-0.4, -0.2) is 32.2 Å². The Hall–Kier alpha value is -1.52. The number of nitrogens with zero attached hydrogens (tertiary/aromatic N) is 1. The highest BCUT2D eigenvalue weighted by Crippen LogP contribution is 2.18. The summed E-state index contributed by atoms with van der Waals surface area (Å²) in [7, 11) is 3.79. The van der Waals surface area contributed by atoms with Gasteiger partial charge in [0.1, 0.15) is 18.1 Å². The Morgan fingerprint density at radius 3 is 2.40 bits per heavy atom. The van der Waals surface area contributed by atoms with Gasteiger partial charge in [-0.2, -0.15) is 0 Å². The molecule has 0 amide bonds. The van der Waals surface area contributed by atoms with Gasteiger partial charge in [-0.1, -0.05) is 0 Å². The molecule has 0 aliphatic rings. The van der Waals surface area contributed by atoms with Gasteiger partial charge in [-0.3, -0.25) is 4.90 Å². The van der Waals surface area contributed by atoms with Gasteiger partial charge in [0, 0.05) is 18.0 Å². The SMILES string of the molecule is COc1ccc(OCCN(C)Cc2sccc2C)cc1. The minimum absolute atomic E-state index is 0.688. The van der Waals surface area contributed by atoms with E-state index in [1.165, 1.54) is 10.4 Å². The lowest BCUT2D eigenvalue weighted by Gasteiger charge is -2.16. The van der Waals surface area contributed by atoms with Crippen molar-refractivity contribution in [2.45, 2.75) is 13.5 Å². The zero-order valence-corrected chi connectivity index (χ0v) is 13.1. The maximum absolute atomic E-state index is 5.73. The molecule has 108 valence electrons. The van der Waals surface area contributed by atoms with E-state index in [2.05, 4.69) is 30.3 Å². The largest absolute Gasteiger partial charge is 0.497 e. The second-order valence-electron chi connectivity index (χ2n) is 4.79. The molecule has 2 aromatic rings. The van der Waals surface area contributed by atoms with Gasteiger partial charge >= 0.3 is 0 Å². The van der Waals surface area contributed by atoms with Crippen molar-refractivity contribution in [3.8, 4) is 11.5 Å². The minimum Gasteiger partial charge on any atom is -0.497 e. The van der Waals surface area contributed by atoms with Crippen LogP contribution in [0.1, 0.15) is 10.4 Å². The van der Waals surface area contributed by atoms with Crippen molar-refractivity contribution in [1.82, 2.24) is 4.90 Å². The van der Waals surface area contributed by atoms with Crippen molar-refractivity contribution < 1.29 is 9.47 Å². The summed E-state index contributed by atoms with van der Waals surface area (Å²) in [6, 6.07) is 9.86. The molecule has 0 radical (unpaired) electrons. The second kappa shape index (κ2) is 7.31. The predicted octanol–water partition coefficient (Wildman–Crippen LogP) is 3.58. The third kappa shape index (κ3) is 4.25. The van der Waals surface area contributed by atoms with E-state index in [-0.39, 0.29) is 0 Å². The first kappa shape index (κ1) is 14.9. The molecule has 0 atom stereocenters. The van der Waals surface area contributed by atoms with Gasteiger partial charge in [-0.25, -0.2) is 0 Å². The molecular formula is C16H21NO2S. The number of likely N-dealkylation sites (N-methyl/N-ethyl adjacent to an activating group) is 1. The number of hydrogen-bond donors (Lipinski definition) is 0. The molecule has 1 heterocycles. The first-order valence-electron chi connectivity index (χ1n) is 6.67. The summed E-state index contributed by atoms with van der Waals surface area (Å²) in [5, 5.41) is 2.15. The molecule has 0 aliphatic carbocycles. The fraction of sp³-hybridized carbons (Fsp3) is 0.375. The number of benzene rings is 1. The first-order valence-corrected chi connectivity index (χ1v) is 7.55. The zero-order valence-electron chi connectivity index (χ0n) is 12.3. The summed E-state index contributed by atoms with van der Waals surface area (Å²) in [5.74, 6) is 1.73. The fourth-order valence-corrected chi connectivity index (χ4v) is 2.87. The maximum Gasteiger partial charge on any atom is 0.119 e. The second-order valence-corrected chi connectivity index (χ2v) is 5.79. The molecule has 0 aliphatic heterocycles. The lowest BCUT2D eigenvalue weighted by atomic mass is 10.3. The maximum atomic E-state index is 5.73. The highest BCUT2D eigenvalue weighted by Gasteiger charge is 2.04. The van der Waals surface area contributed by atoms with E-state index in [4.69, 9.17) is 9.47 Å². The molecule has 0 saturated carbocycles. The van der Waals surface area contributed by atoms with Crippen LogP contribution in [0.15, 0.2) is 35.7 Å². The Labute approximate surface area is 124 Å². The molecule has 20 heavy (non-hydrogen) atoms. The molecule has 1 aromatic carbocycles. The van der Waals surface area contributed by atoms with Gasteiger partial charge in [0.2, 0.25) is 0 Å². The molecule has 0 spiro atoms. The van der Waals surface area contributed by atoms with Crippen LogP contribution in [-0.2, 0) is 6.54 Å². The predicted molar refractivity (Wildman–Crippen MR) is 83.9 cm³/mol. The van der Waals surface area contributed by atoms with Gasteiger partial charge < -0.3 is 9.47 Å². The summed E-state index contributed by atoms with van der Waals surface area (Å²) in [6.07, 6.45) is 0. The number of ether oxygens (including phenoxy) is 2. The van der Waals surface area contributed by atoms with Gasteiger partial charge in [0.05, 0.1) is 7.11 Å². The van der Waals surface area contributed by atoms with Crippen LogP contribution < -0.4 is 9.47 Å². The van der Waals surface area contributed by atoms with Crippen molar-refractivity contribution in [3.63, 3.8) is 0 Å². The average Bonchev–Trinajstić information content (AvgIpc) is 2.85. The van der Waals surface area contributed by atoms with Crippen LogP contribution >= 0.6 is 11.3 Å². The number of rotatable bonds is 7. The molecule has 4 heteroatoms. The Balaban J connectivity index is 1.73. The fourth-order valence-electron chi connectivity index (χ4n) is 1.88. The Bertz CT molecular complexity index is 522. The standard InChI is InChI=1S/C16H21NO2S/c1-13-8-11-20-16(13)12-17(2)9-10-19-15-6-4-14(18-3)5-7-15/h4-8,11H,9-10,12H2,1-3H3. The summed E-state index contributed by atoms with van der Waals surface area (Å²) in [4.78, 5) is 3.71. The van der Waals surface area contributed by atoms with E-state index in [0.29, 0.717) is 6.61 Å². The topological polar surface area (TPSA) is 21.7 Å². The van der Waals surface area contributed by atoms with Gasteiger partial charge in [-0.15, -0.1) is 11.3 Å². The zero-order chi connectivity index (χ0) is 14.4. The van der Waals surface area contributed by atoms with Crippen LogP contribution in [0.4, 0.5) is 0 Å². The smallest absolute Gasteiger partial charge is 0.119 e. The van der Waals surface area contributed by atoms with Crippen molar-refractivity contribution in [1.29, 1.82) is 0 Å². The Morgan fingerprint density at radius 1 is 1.10 bits per heavy atom. The Morgan fingerprint density at radius 2 is 1.80 bits per heavy atom. The number of methoxy groups -OCH3 is 1. The highest BCUT2D eigenvalue weighted by molar-refractivity contribution is 7.10. The monoisotopic (exact) mass is 291 g/mol. The molecule has 0 bridgehead atoms. The van der Waals surface area contributed by atoms with Crippen LogP contribution in [0.25, 0.3) is 0 Å². The first-order chi connectivity index (χ1) is 9.69. The summed E-state index contributed by atoms with van der Waals surface area (Å²) in [6.45, 7) is 4.74. The number of thiophene rings is 1. The Kier molecular flexibility index (Phi) is 5.44. The molecule has 0 saturated heterocycles. The van der Waals surface area contributed by atoms with Crippen LogP contribution in [0, 0.1) is 6.92 Å². The van der Waals surface area contributed by atoms with E-state index in [1.807, 2.05) is 35.6 Å². The van der Waals surface area contributed by atoms with E-state index in [1.54, 1.807) is 7.11 Å². The third-order valence-corrected chi connectivity index (χ3v) is 4.19. The quantitative estimate of drug-likeness (QED) is 0.778. The van der Waals surface area contributed by atoms with Crippen LogP contribution in [0.5, 0.6) is 11.5 Å². The molecule has 0 N–H and O–H groups in total. The van der Waals surface area contributed by atoms with Crippen LogP contribution in [0.2, 0.25) is 0 Å². The number of aryl methyl sites for hydroxylation is 1. The van der Waals surface area contributed by atoms with E-state index >= 15 is 0 Å². The molecule has 3 nitrogen and oxygen atoms in total. The van der Waals surface area contributed by atoms with Gasteiger partial charge in [-0.05, 0) is 55.2 Å². The van der Waals surface area contributed by atoms with E-state index < -0.39 is 0 Å². The molecule has 0 fully saturated rings. The molecule has 2 rings (SSSR count).